The number of hydrogen-bond acceptors (Lipinski definition) is 5. The van der Waals surface area contributed by atoms with E-state index in [2.05, 4.69) is 4.74 Å². The molecule has 4 aromatic rings. The van der Waals surface area contributed by atoms with E-state index >= 15 is 0 Å². The van der Waals surface area contributed by atoms with Crippen molar-refractivity contribution in [2.75, 3.05) is 14.2 Å². The number of carbonyl (C=O) groups excluding carboxylic acids is 1. The van der Waals surface area contributed by atoms with Crippen LogP contribution in [-0.2, 0) is 11.2 Å². The van der Waals surface area contributed by atoms with Crippen molar-refractivity contribution in [2.45, 2.75) is 12.8 Å². The second-order valence-electron chi connectivity index (χ2n) is 7.43. The van der Waals surface area contributed by atoms with Crippen LogP contribution in [0.5, 0.6) is 17.2 Å². The molecular formula is C25H17F5O5. The minimum Gasteiger partial charge on any atom is -0.493 e. The maximum Gasteiger partial charge on any atom is 0.311 e. The summed E-state index contributed by atoms with van der Waals surface area (Å²) in [5, 5.41) is 0.723. The highest BCUT2D eigenvalue weighted by Gasteiger charge is 2.28. The minimum atomic E-state index is -2.33. The summed E-state index contributed by atoms with van der Waals surface area (Å²) in [7, 11) is 3.04. The van der Waals surface area contributed by atoms with Crippen LogP contribution in [0.3, 0.4) is 0 Å². The Bertz CT molecular complexity index is 1400. The molecule has 0 fully saturated rings. The fraction of sp³-hybridized carbons (Fsp3) is 0.160. The quantitative estimate of drug-likeness (QED) is 0.0990. The first-order valence-electron chi connectivity index (χ1n) is 10.2. The zero-order chi connectivity index (χ0) is 25.3. The van der Waals surface area contributed by atoms with Gasteiger partial charge in [0.05, 0.1) is 14.2 Å². The number of halogens is 5. The van der Waals surface area contributed by atoms with Crippen LogP contribution in [0.25, 0.3) is 22.3 Å². The number of carbonyl (C=O) groups is 1. The number of ether oxygens (including phenoxy) is 3. The smallest absolute Gasteiger partial charge is 0.311 e. The van der Waals surface area contributed by atoms with Crippen molar-refractivity contribution in [2.24, 2.45) is 0 Å². The highest BCUT2D eigenvalue weighted by Crippen LogP contribution is 2.35. The predicted molar refractivity (Wildman–Crippen MR) is 115 cm³/mol. The molecule has 0 amide bonds. The van der Waals surface area contributed by atoms with Crippen LogP contribution < -0.4 is 14.2 Å². The number of rotatable bonds is 7. The average molecular weight is 492 g/mol. The first kappa shape index (κ1) is 24.1. The maximum atomic E-state index is 13.7. The number of aryl methyl sites for hydroxylation is 1. The lowest BCUT2D eigenvalue weighted by Gasteiger charge is -2.09. The zero-order valence-electron chi connectivity index (χ0n) is 18.4. The van der Waals surface area contributed by atoms with E-state index in [9.17, 15) is 26.7 Å². The summed E-state index contributed by atoms with van der Waals surface area (Å²) in [5.41, 5.74) is 1.97. The van der Waals surface area contributed by atoms with Gasteiger partial charge in [-0.15, -0.1) is 0 Å². The minimum absolute atomic E-state index is 0.0844. The van der Waals surface area contributed by atoms with E-state index in [1.54, 1.807) is 42.5 Å². The van der Waals surface area contributed by atoms with Gasteiger partial charge in [-0.25, -0.2) is 13.2 Å². The second-order valence-corrected chi connectivity index (χ2v) is 7.43. The van der Waals surface area contributed by atoms with Crippen LogP contribution in [-0.4, -0.2) is 20.2 Å². The van der Waals surface area contributed by atoms with Gasteiger partial charge in [0.2, 0.25) is 34.8 Å². The van der Waals surface area contributed by atoms with Crippen LogP contribution in [0.1, 0.15) is 12.0 Å². The normalized spacial score (nSPS) is 11.1. The third-order valence-electron chi connectivity index (χ3n) is 5.25. The standard InChI is InChI=1S/C25H17F5O5/c1-32-16-7-5-13(10-18(16)33-2)17-11-14-9-12(3-6-15(14)34-17)4-8-19(31)35-25-23(29)21(27)20(26)22(28)24(25)30/h3,5-7,9-11H,4,8H2,1-2H3. The fourth-order valence-electron chi connectivity index (χ4n) is 3.47. The summed E-state index contributed by atoms with van der Waals surface area (Å²) in [4.78, 5) is 12.0. The molecule has 0 aliphatic rings. The van der Waals surface area contributed by atoms with Crippen LogP contribution >= 0.6 is 0 Å². The molecular weight excluding hydrogens is 475 g/mol. The molecule has 0 aliphatic heterocycles. The molecule has 0 saturated heterocycles. The summed E-state index contributed by atoms with van der Waals surface area (Å²) in [6.45, 7) is 0. The monoisotopic (exact) mass is 492 g/mol. The van der Waals surface area contributed by atoms with E-state index in [0.717, 1.165) is 10.9 Å². The fourth-order valence-corrected chi connectivity index (χ4v) is 3.47. The van der Waals surface area contributed by atoms with Crippen molar-refractivity contribution in [3.63, 3.8) is 0 Å². The first-order valence-corrected chi connectivity index (χ1v) is 10.2. The van der Waals surface area contributed by atoms with E-state index in [1.807, 2.05) is 0 Å². The largest absolute Gasteiger partial charge is 0.493 e. The molecule has 0 atom stereocenters. The summed E-state index contributed by atoms with van der Waals surface area (Å²) in [6, 6.07) is 12.2. The van der Waals surface area contributed by atoms with Crippen LogP contribution in [0.2, 0.25) is 0 Å². The average Bonchev–Trinajstić information content (AvgIpc) is 3.30. The van der Waals surface area contributed by atoms with E-state index < -0.39 is 40.8 Å². The SMILES string of the molecule is COc1ccc(-c2cc3cc(CCC(=O)Oc4c(F)c(F)c(F)c(F)c4F)ccc3o2)cc1OC. The van der Waals surface area contributed by atoms with Crippen molar-refractivity contribution in [1.29, 1.82) is 0 Å². The van der Waals surface area contributed by atoms with E-state index in [-0.39, 0.29) is 12.8 Å². The molecule has 3 aromatic carbocycles. The highest BCUT2D eigenvalue weighted by atomic mass is 19.2. The Balaban J connectivity index is 1.49. The third kappa shape index (κ3) is 4.64. The van der Waals surface area contributed by atoms with Gasteiger partial charge >= 0.3 is 5.97 Å². The Morgan fingerprint density at radius 2 is 1.46 bits per heavy atom. The Kier molecular flexibility index (Phi) is 6.63. The molecule has 10 heteroatoms. The molecule has 0 aliphatic carbocycles. The van der Waals surface area contributed by atoms with Gasteiger partial charge in [-0.3, -0.25) is 4.79 Å². The Morgan fingerprint density at radius 3 is 2.11 bits per heavy atom. The number of hydrogen-bond donors (Lipinski definition) is 0. The lowest BCUT2D eigenvalue weighted by atomic mass is 10.1. The molecule has 0 bridgehead atoms. The number of furan rings is 1. The molecule has 0 radical (unpaired) electrons. The van der Waals surface area contributed by atoms with Crippen molar-refractivity contribution >= 4 is 16.9 Å². The van der Waals surface area contributed by atoms with Crippen molar-refractivity contribution in [3.05, 3.63) is 77.1 Å². The predicted octanol–water partition coefficient (Wildman–Crippen LogP) is 6.35. The van der Waals surface area contributed by atoms with Gasteiger partial charge < -0.3 is 18.6 Å². The topological polar surface area (TPSA) is 57.9 Å². The van der Waals surface area contributed by atoms with E-state index in [1.165, 1.54) is 14.2 Å². The molecule has 0 spiro atoms. The van der Waals surface area contributed by atoms with Crippen LogP contribution in [0.4, 0.5) is 22.0 Å². The Labute approximate surface area is 195 Å². The van der Waals surface area contributed by atoms with E-state index in [0.29, 0.717) is 28.4 Å². The van der Waals surface area contributed by atoms with Crippen molar-refractivity contribution in [1.82, 2.24) is 0 Å². The van der Waals surface area contributed by atoms with Crippen LogP contribution in [0.15, 0.2) is 46.9 Å². The van der Waals surface area contributed by atoms with Gasteiger partial charge in [0, 0.05) is 17.4 Å². The van der Waals surface area contributed by atoms with E-state index in [4.69, 9.17) is 13.9 Å². The molecule has 0 unspecified atom stereocenters. The van der Waals surface area contributed by atoms with Gasteiger partial charge in [-0.1, -0.05) is 6.07 Å². The summed E-state index contributed by atoms with van der Waals surface area (Å²) < 4.78 is 87.9. The lowest BCUT2D eigenvalue weighted by Crippen LogP contribution is -2.14. The zero-order valence-corrected chi connectivity index (χ0v) is 18.4. The van der Waals surface area contributed by atoms with Crippen LogP contribution in [0, 0.1) is 29.1 Å². The number of esters is 1. The lowest BCUT2D eigenvalue weighted by molar-refractivity contribution is -0.134. The van der Waals surface area contributed by atoms with Crippen molar-refractivity contribution < 1.29 is 45.4 Å². The van der Waals surface area contributed by atoms with Gasteiger partial charge in [0.25, 0.3) is 0 Å². The van der Waals surface area contributed by atoms with Gasteiger partial charge in [-0.05, 0) is 48.4 Å². The second kappa shape index (κ2) is 9.65. The number of methoxy groups -OCH3 is 2. The molecule has 4 rings (SSSR count). The molecule has 1 aromatic heterocycles. The molecule has 5 nitrogen and oxygen atoms in total. The molecule has 0 N–H and O–H groups in total. The maximum absolute atomic E-state index is 13.7. The Morgan fingerprint density at radius 1 is 0.800 bits per heavy atom. The molecule has 35 heavy (non-hydrogen) atoms. The van der Waals surface area contributed by atoms with Gasteiger partial charge in [0.15, 0.2) is 11.5 Å². The summed E-state index contributed by atoms with van der Waals surface area (Å²) >= 11 is 0. The molecule has 182 valence electrons. The first-order chi connectivity index (χ1) is 16.7. The Hall–Kier alpha value is -4.08. The summed E-state index contributed by atoms with van der Waals surface area (Å²) in [5.74, 6) is -12.3. The molecule has 1 heterocycles. The summed E-state index contributed by atoms with van der Waals surface area (Å²) in [6.07, 6.45) is -0.285. The highest BCUT2D eigenvalue weighted by molar-refractivity contribution is 5.84. The van der Waals surface area contributed by atoms with Crippen molar-refractivity contribution in [3.8, 4) is 28.6 Å². The molecule has 0 saturated carbocycles. The third-order valence-corrected chi connectivity index (χ3v) is 5.25. The number of fused-ring (bicyclic) bond motifs is 1. The van der Waals surface area contributed by atoms with Gasteiger partial charge in [-0.2, -0.15) is 8.78 Å². The van der Waals surface area contributed by atoms with Gasteiger partial charge in [0.1, 0.15) is 11.3 Å². The number of benzene rings is 3.